The maximum atomic E-state index is 11.5. The van der Waals surface area contributed by atoms with Crippen molar-refractivity contribution in [1.29, 1.82) is 0 Å². The van der Waals surface area contributed by atoms with Crippen LogP contribution in [0.1, 0.15) is 78.3 Å². The third-order valence-corrected chi connectivity index (χ3v) is 7.28. The minimum atomic E-state index is -0.503. The number of carbonyl (C=O) groups excluding carboxylic acids is 1. The van der Waals surface area contributed by atoms with Crippen LogP contribution in [-0.2, 0) is 23.7 Å². The molecule has 0 aliphatic heterocycles. The van der Waals surface area contributed by atoms with E-state index in [1.54, 1.807) is 0 Å². The molecule has 0 radical (unpaired) electrons. The zero-order valence-electron chi connectivity index (χ0n) is 26.9. The highest BCUT2D eigenvalue weighted by Crippen LogP contribution is 2.27. The molecule has 2 heterocycles. The van der Waals surface area contributed by atoms with Gasteiger partial charge < -0.3 is 39.6 Å². The Labute approximate surface area is 256 Å². The van der Waals surface area contributed by atoms with E-state index in [-0.39, 0.29) is 0 Å². The summed E-state index contributed by atoms with van der Waals surface area (Å²) in [6.45, 7) is 15.3. The summed E-state index contributed by atoms with van der Waals surface area (Å²) in [4.78, 5) is 16.4. The highest BCUT2D eigenvalue weighted by Gasteiger charge is 2.25. The van der Waals surface area contributed by atoms with E-state index in [1.807, 2.05) is 37.5 Å². The second-order valence-corrected chi connectivity index (χ2v) is 11.9. The van der Waals surface area contributed by atoms with E-state index in [4.69, 9.17) is 28.7 Å². The first kappa shape index (κ1) is 35.0. The number of hydrogen-bond acceptors (Lipinski definition) is 10. The summed E-state index contributed by atoms with van der Waals surface area (Å²) in [6.07, 6.45) is 6.88. The first-order chi connectivity index (χ1) is 20.8. The van der Waals surface area contributed by atoms with Gasteiger partial charge in [-0.1, -0.05) is 13.8 Å². The Morgan fingerprint density at radius 3 is 2.16 bits per heavy atom. The molecule has 3 rings (SSSR count). The number of anilines is 1. The van der Waals surface area contributed by atoms with E-state index in [2.05, 4.69) is 41.0 Å². The summed E-state index contributed by atoms with van der Waals surface area (Å²) in [6, 6.07) is 5.05. The van der Waals surface area contributed by atoms with Crippen molar-refractivity contribution in [3.63, 3.8) is 0 Å². The van der Waals surface area contributed by atoms with Crippen LogP contribution in [-0.4, -0.2) is 104 Å². The van der Waals surface area contributed by atoms with E-state index in [9.17, 15) is 4.79 Å². The fourth-order valence-corrected chi connectivity index (χ4v) is 5.09. The number of ether oxygens (including phenoxy) is 5. The molecule has 0 aromatic carbocycles. The second kappa shape index (κ2) is 19.0. The third-order valence-electron chi connectivity index (χ3n) is 7.28. The summed E-state index contributed by atoms with van der Waals surface area (Å²) in [7, 11) is 0. The molecule has 2 aromatic heterocycles. The van der Waals surface area contributed by atoms with Crippen LogP contribution >= 0.6 is 0 Å². The molecule has 1 fully saturated rings. The predicted octanol–water partition coefficient (Wildman–Crippen LogP) is 4.15. The number of nitrogens with one attached hydrogen (secondary N) is 3. The average Bonchev–Trinajstić information content (AvgIpc) is 3.62. The summed E-state index contributed by atoms with van der Waals surface area (Å²) in [5.41, 5.74) is 1.55. The summed E-state index contributed by atoms with van der Waals surface area (Å²) < 4.78 is 29.3. The Balaban J connectivity index is 1.14. The quantitative estimate of drug-likeness (QED) is 0.178. The van der Waals surface area contributed by atoms with Crippen LogP contribution in [0, 0.1) is 0 Å². The summed E-state index contributed by atoms with van der Waals surface area (Å²) in [5, 5.41) is 14.5. The van der Waals surface area contributed by atoms with Gasteiger partial charge in [0.15, 0.2) is 5.65 Å². The molecule has 0 spiro atoms. The van der Waals surface area contributed by atoms with Crippen LogP contribution in [0.15, 0.2) is 18.3 Å². The van der Waals surface area contributed by atoms with Gasteiger partial charge in [-0.15, -0.1) is 0 Å². The van der Waals surface area contributed by atoms with Gasteiger partial charge in [-0.05, 0) is 52.9 Å². The standard InChI is InChI=1S/C31H54N6O6/c1-6-24(7-2)27-23-29(37-28(36-27)10-11-34-37)35-26-9-8-25(22-26)32-12-14-39-16-18-41-20-21-42-19-17-40-15-13-33-30(38)43-31(3,4)5/h10-11,23-26,32,35H,6-9,12-22H2,1-5H3,(H,33,38)/t25-,26-/m0/s1. The third kappa shape index (κ3) is 13.3. The predicted molar refractivity (Wildman–Crippen MR) is 167 cm³/mol. The second-order valence-electron chi connectivity index (χ2n) is 11.9. The van der Waals surface area contributed by atoms with Crippen molar-refractivity contribution in [3.8, 4) is 0 Å². The maximum Gasteiger partial charge on any atom is 0.407 e. The molecule has 3 N–H and O–H groups in total. The van der Waals surface area contributed by atoms with Crippen LogP contribution in [0.25, 0.3) is 5.65 Å². The van der Waals surface area contributed by atoms with Crippen molar-refractivity contribution in [2.24, 2.45) is 0 Å². The van der Waals surface area contributed by atoms with Crippen molar-refractivity contribution in [2.45, 2.75) is 90.3 Å². The fraction of sp³-hybridized carbons (Fsp3) is 0.774. The summed E-state index contributed by atoms with van der Waals surface area (Å²) in [5.74, 6) is 1.50. The van der Waals surface area contributed by atoms with Crippen molar-refractivity contribution < 1.29 is 28.5 Å². The molecule has 2 aromatic rings. The van der Waals surface area contributed by atoms with Crippen molar-refractivity contribution in [3.05, 3.63) is 24.0 Å². The highest BCUT2D eigenvalue weighted by atomic mass is 16.6. The Morgan fingerprint density at radius 2 is 1.53 bits per heavy atom. The number of carbonyl (C=O) groups is 1. The maximum absolute atomic E-state index is 11.5. The van der Waals surface area contributed by atoms with Crippen LogP contribution < -0.4 is 16.0 Å². The number of aromatic nitrogens is 3. The van der Waals surface area contributed by atoms with E-state index in [0.717, 1.165) is 55.8 Å². The Hall–Kier alpha value is -2.51. The lowest BCUT2D eigenvalue weighted by molar-refractivity contribution is -0.00159. The molecule has 0 bridgehead atoms. The zero-order chi connectivity index (χ0) is 30.9. The van der Waals surface area contributed by atoms with Gasteiger partial charge in [-0.3, -0.25) is 0 Å². The fourth-order valence-electron chi connectivity index (χ4n) is 5.09. The van der Waals surface area contributed by atoms with Crippen LogP contribution in [0.3, 0.4) is 0 Å². The van der Waals surface area contributed by atoms with Crippen molar-refractivity contribution in [1.82, 2.24) is 25.2 Å². The number of rotatable bonds is 21. The molecule has 1 saturated carbocycles. The molecule has 1 aliphatic carbocycles. The molecule has 0 saturated heterocycles. The number of amides is 1. The van der Waals surface area contributed by atoms with Gasteiger partial charge in [0.05, 0.1) is 59.1 Å². The largest absolute Gasteiger partial charge is 0.444 e. The molecule has 1 amide bonds. The normalized spacial score (nSPS) is 17.2. The first-order valence-electron chi connectivity index (χ1n) is 15.9. The molecule has 244 valence electrons. The number of alkyl carbamates (subject to hydrolysis) is 1. The molecular formula is C31H54N6O6. The van der Waals surface area contributed by atoms with Crippen molar-refractivity contribution >= 4 is 17.6 Å². The zero-order valence-corrected chi connectivity index (χ0v) is 26.9. The van der Waals surface area contributed by atoms with E-state index >= 15 is 0 Å². The molecule has 12 heteroatoms. The number of hydrogen-bond donors (Lipinski definition) is 3. The van der Waals surface area contributed by atoms with Crippen LogP contribution in [0.2, 0.25) is 0 Å². The SMILES string of the molecule is CCC(CC)c1cc(N[C@H]2CC[C@H](NCCOCCOCCOCCOCCNC(=O)OC(C)(C)C)C2)n2nccc2n1. The molecule has 2 atom stereocenters. The average molecular weight is 607 g/mol. The van der Waals surface area contributed by atoms with Gasteiger partial charge in [-0.2, -0.15) is 9.61 Å². The first-order valence-corrected chi connectivity index (χ1v) is 15.9. The Bertz CT molecular complexity index is 1060. The topological polar surface area (TPSA) is 130 Å². The Kier molecular flexibility index (Phi) is 15.5. The van der Waals surface area contributed by atoms with Gasteiger partial charge in [-0.25, -0.2) is 9.78 Å². The lowest BCUT2D eigenvalue weighted by Gasteiger charge is -2.19. The van der Waals surface area contributed by atoms with Gasteiger partial charge in [0.1, 0.15) is 11.4 Å². The van der Waals surface area contributed by atoms with E-state index < -0.39 is 11.7 Å². The lowest BCUT2D eigenvalue weighted by atomic mass is 9.99. The number of fused-ring (bicyclic) bond motifs is 1. The smallest absolute Gasteiger partial charge is 0.407 e. The Morgan fingerprint density at radius 1 is 0.930 bits per heavy atom. The number of nitrogens with zero attached hydrogens (tertiary/aromatic N) is 3. The molecular weight excluding hydrogens is 552 g/mol. The van der Waals surface area contributed by atoms with Gasteiger partial charge in [0, 0.05) is 48.9 Å². The van der Waals surface area contributed by atoms with Crippen LogP contribution in [0.4, 0.5) is 10.6 Å². The molecule has 0 unspecified atom stereocenters. The molecule has 12 nitrogen and oxygen atoms in total. The van der Waals surface area contributed by atoms with Crippen LogP contribution in [0.5, 0.6) is 0 Å². The molecule has 1 aliphatic rings. The monoisotopic (exact) mass is 606 g/mol. The molecule has 43 heavy (non-hydrogen) atoms. The van der Waals surface area contributed by atoms with Crippen molar-refractivity contribution in [2.75, 3.05) is 71.3 Å². The lowest BCUT2D eigenvalue weighted by Crippen LogP contribution is -2.34. The summed E-state index contributed by atoms with van der Waals surface area (Å²) >= 11 is 0. The highest BCUT2D eigenvalue weighted by molar-refractivity contribution is 5.67. The minimum Gasteiger partial charge on any atom is -0.444 e. The van der Waals surface area contributed by atoms with E-state index in [1.165, 1.54) is 0 Å². The van der Waals surface area contributed by atoms with Gasteiger partial charge in [0.25, 0.3) is 0 Å². The van der Waals surface area contributed by atoms with Gasteiger partial charge >= 0.3 is 6.09 Å². The minimum absolute atomic E-state index is 0.396. The van der Waals surface area contributed by atoms with Gasteiger partial charge in [0.2, 0.25) is 0 Å². The van der Waals surface area contributed by atoms with E-state index in [0.29, 0.717) is 77.4 Å².